The molecule has 0 saturated heterocycles. The van der Waals surface area contributed by atoms with E-state index in [9.17, 15) is 0 Å². The highest BCUT2D eigenvalue weighted by Gasteiger charge is 2.20. The lowest BCUT2D eigenvalue weighted by atomic mass is 10.2. The maximum atomic E-state index is 6.23. The molecule has 0 aliphatic carbocycles. The lowest BCUT2D eigenvalue weighted by molar-refractivity contribution is 0.204. The van der Waals surface area contributed by atoms with Gasteiger partial charge in [-0.05, 0) is 51.0 Å². The highest BCUT2D eigenvalue weighted by molar-refractivity contribution is 5.57. The molecular formula is C22H34N2O. The number of allylic oxidation sites excluding steroid dienone is 3. The Morgan fingerprint density at radius 1 is 1.28 bits per heavy atom. The Hall–Kier alpha value is -2.18. The van der Waals surface area contributed by atoms with Crippen molar-refractivity contribution < 1.29 is 4.74 Å². The molecule has 0 radical (unpaired) electrons. The minimum atomic E-state index is 0.0108. The fourth-order valence-electron chi connectivity index (χ4n) is 2.63. The van der Waals surface area contributed by atoms with E-state index in [2.05, 4.69) is 55.9 Å². The van der Waals surface area contributed by atoms with Gasteiger partial charge in [0.15, 0.2) is 0 Å². The van der Waals surface area contributed by atoms with E-state index in [1.165, 1.54) is 16.8 Å². The standard InChI is InChI=1S/C18H26N2O.C2H6.C2H2/c1-4-17(11-14(2)3)21-13-16(19)12-20-10-9-15-7-5-6-8-18(15)20;2*1-2/h4-8,11,16H,9-10,12-13,19H2,1-3H3;1-2H3;1-2H/b17-4+;;. The Bertz CT molecular complexity index is 568. The lowest BCUT2D eigenvalue weighted by Crippen LogP contribution is -2.39. The molecule has 1 aromatic rings. The van der Waals surface area contributed by atoms with Crippen molar-refractivity contribution in [3.8, 4) is 12.8 Å². The Morgan fingerprint density at radius 2 is 1.92 bits per heavy atom. The van der Waals surface area contributed by atoms with Gasteiger partial charge in [-0.2, -0.15) is 0 Å². The SMILES string of the molecule is C#C.C/C=C(\C=C(C)C)OCC(N)CN1CCc2ccccc21.CC. The zero-order chi connectivity index (χ0) is 19.2. The molecule has 0 amide bonds. The van der Waals surface area contributed by atoms with E-state index < -0.39 is 0 Å². The van der Waals surface area contributed by atoms with Gasteiger partial charge in [0.05, 0.1) is 6.04 Å². The minimum absolute atomic E-state index is 0.0108. The second kappa shape index (κ2) is 13.1. The molecule has 2 rings (SSSR count). The fraction of sp³-hybridized carbons (Fsp3) is 0.455. The molecule has 138 valence electrons. The summed E-state index contributed by atoms with van der Waals surface area (Å²) in [5, 5.41) is 0. The predicted molar refractivity (Wildman–Crippen MR) is 111 cm³/mol. The normalized spacial score (nSPS) is 13.4. The summed E-state index contributed by atoms with van der Waals surface area (Å²) >= 11 is 0. The second-order valence-electron chi connectivity index (χ2n) is 5.81. The number of para-hydroxylation sites is 1. The van der Waals surface area contributed by atoms with Gasteiger partial charge in [-0.25, -0.2) is 0 Å². The lowest BCUT2D eigenvalue weighted by Gasteiger charge is -2.23. The number of rotatable bonds is 6. The summed E-state index contributed by atoms with van der Waals surface area (Å²) in [4.78, 5) is 2.36. The number of anilines is 1. The first-order valence-corrected chi connectivity index (χ1v) is 8.96. The van der Waals surface area contributed by atoms with Crippen LogP contribution in [0.3, 0.4) is 0 Å². The van der Waals surface area contributed by atoms with Crippen LogP contribution in [0.5, 0.6) is 0 Å². The maximum absolute atomic E-state index is 6.23. The van der Waals surface area contributed by atoms with Crippen LogP contribution in [0.25, 0.3) is 0 Å². The summed E-state index contributed by atoms with van der Waals surface area (Å²) in [6.07, 6.45) is 13.1. The third-order valence-corrected chi connectivity index (χ3v) is 3.62. The van der Waals surface area contributed by atoms with Crippen LogP contribution >= 0.6 is 0 Å². The zero-order valence-electron chi connectivity index (χ0n) is 16.5. The van der Waals surface area contributed by atoms with Crippen LogP contribution in [0.2, 0.25) is 0 Å². The van der Waals surface area contributed by atoms with Crippen LogP contribution in [0.1, 0.15) is 40.2 Å². The van der Waals surface area contributed by atoms with Gasteiger partial charge in [-0.3, -0.25) is 0 Å². The Kier molecular flexibility index (Phi) is 12.0. The van der Waals surface area contributed by atoms with Gasteiger partial charge in [0.1, 0.15) is 12.4 Å². The summed E-state index contributed by atoms with van der Waals surface area (Å²) in [5.74, 6) is 0.896. The van der Waals surface area contributed by atoms with E-state index >= 15 is 0 Å². The van der Waals surface area contributed by atoms with Gasteiger partial charge in [0.2, 0.25) is 0 Å². The smallest absolute Gasteiger partial charge is 0.115 e. The average Bonchev–Trinajstić information content (AvgIpc) is 3.05. The third kappa shape index (κ3) is 7.96. The summed E-state index contributed by atoms with van der Waals surface area (Å²) in [6.45, 7) is 12.5. The van der Waals surface area contributed by atoms with Crippen molar-refractivity contribution in [1.82, 2.24) is 0 Å². The summed E-state index contributed by atoms with van der Waals surface area (Å²) < 4.78 is 5.80. The molecule has 1 heterocycles. The zero-order valence-corrected chi connectivity index (χ0v) is 16.5. The van der Waals surface area contributed by atoms with Crippen molar-refractivity contribution >= 4 is 5.69 Å². The van der Waals surface area contributed by atoms with Crippen LogP contribution in [0.4, 0.5) is 5.69 Å². The van der Waals surface area contributed by atoms with E-state index in [-0.39, 0.29) is 6.04 Å². The Morgan fingerprint density at radius 3 is 2.52 bits per heavy atom. The number of ether oxygens (including phenoxy) is 1. The molecule has 0 bridgehead atoms. The first-order chi connectivity index (χ1) is 12.1. The van der Waals surface area contributed by atoms with Gasteiger partial charge in [0.25, 0.3) is 0 Å². The molecule has 3 heteroatoms. The number of benzene rings is 1. The molecule has 0 aromatic heterocycles. The molecule has 25 heavy (non-hydrogen) atoms. The number of terminal acetylenes is 1. The van der Waals surface area contributed by atoms with E-state index in [4.69, 9.17) is 10.5 Å². The van der Waals surface area contributed by atoms with Gasteiger partial charge in [-0.1, -0.05) is 37.6 Å². The third-order valence-electron chi connectivity index (χ3n) is 3.62. The number of fused-ring (bicyclic) bond motifs is 1. The molecular weight excluding hydrogens is 308 g/mol. The highest BCUT2D eigenvalue weighted by atomic mass is 16.5. The van der Waals surface area contributed by atoms with Crippen molar-refractivity contribution in [2.24, 2.45) is 5.73 Å². The van der Waals surface area contributed by atoms with Gasteiger partial charge in [0, 0.05) is 18.8 Å². The van der Waals surface area contributed by atoms with E-state index in [1.807, 2.05) is 32.9 Å². The summed E-state index contributed by atoms with van der Waals surface area (Å²) in [6, 6.07) is 8.58. The molecule has 1 atom stereocenters. The first-order valence-electron chi connectivity index (χ1n) is 8.96. The number of nitrogens with two attached hydrogens (primary N) is 1. The van der Waals surface area contributed by atoms with Crippen LogP contribution in [-0.2, 0) is 11.2 Å². The topological polar surface area (TPSA) is 38.5 Å². The van der Waals surface area contributed by atoms with Crippen LogP contribution in [0.15, 0.2) is 47.7 Å². The molecule has 1 aromatic carbocycles. The predicted octanol–water partition coefficient (Wildman–Crippen LogP) is 4.54. The van der Waals surface area contributed by atoms with Gasteiger partial charge >= 0.3 is 0 Å². The quantitative estimate of drug-likeness (QED) is 0.469. The van der Waals surface area contributed by atoms with E-state index in [1.54, 1.807) is 0 Å². The molecule has 0 spiro atoms. The molecule has 1 aliphatic heterocycles. The molecule has 3 nitrogen and oxygen atoms in total. The average molecular weight is 343 g/mol. The molecule has 1 aliphatic rings. The maximum Gasteiger partial charge on any atom is 0.115 e. The van der Waals surface area contributed by atoms with Crippen molar-refractivity contribution in [2.45, 2.75) is 47.1 Å². The van der Waals surface area contributed by atoms with Crippen LogP contribution in [-0.4, -0.2) is 25.7 Å². The van der Waals surface area contributed by atoms with Gasteiger partial charge < -0.3 is 15.4 Å². The van der Waals surface area contributed by atoms with Crippen molar-refractivity contribution in [2.75, 3.05) is 24.6 Å². The minimum Gasteiger partial charge on any atom is -0.492 e. The Labute approximate surface area is 154 Å². The first kappa shape index (κ1) is 22.8. The van der Waals surface area contributed by atoms with Crippen molar-refractivity contribution in [1.29, 1.82) is 0 Å². The highest BCUT2D eigenvalue weighted by Crippen LogP contribution is 2.27. The largest absolute Gasteiger partial charge is 0.492 e. The monoisotopic (exact) mass is 342 g/mol. The van der Waals surface area contributed by atoms with Crippen molar-refractivity contribution in [3.63, 3.8) is 0 Å². The number of hydrogen-bond acceptors (Lipinski definition) is 3. The van der Waals surface area contributed by atoms with Gasteiger partial charge in [-0.15, -0.1) is 12.8 Å². The van der Waals surface area contributed by atoms with E-state index in [0.29, 0.717) is 6.61 Å². The Balaban J connectivity index is 0.00000134. The molecule has 2 N–H and O–H groups in total. The molecule has 0 saturated carbocycles. The van der Waals surface area contributed by atoms with E-state index in [0.717, 1.165) is 25.3 Å². The number of hydrogen-bond donors (Lipinski definition) is 1. The van der Waals surface area contributed by atoms with Crippen molar-refractivity contribution in [3.05, 3.63) is 53.3 Å². The fourth-order valence-corrected chi connectivity index (χ4v) is 2.63. The van der Waals surface area contributed by atoms with Crippen LogP contribution < -0.4 is 10.6 Å². The summed E-state index contributed by atoms with van der Waals surface area (Å²) in [7, 11) is 0. The molecule has 1 unspecified atom stereocenters. The molecule has 0 fully saturated rings. The summed E-state index contributed by atoms with van der Waals surface area (Å²) in [5.41, 5.74) is 10.2. The van der Waals surface area contributed by atoms with Crippen LogP contribution in [0, 0.1) is 12.8 Å². The second-order valence-corrected chi connectivity index (χ2v) is 5.81. The number of nitrogens with zero attached hydrogens (tertiary/aromatic N) is 1.